The maximum absolute atomic E-state index is 12.3. The van der Waals surface area contributed by atoms with Crippen molar-refractivity contribution in [3.8, 4) is 0 Å². The van der Waals surface area contributed by atoms with Crippen LogP contribution in [0.5, 0.6) is 0 Å². The Balaban J connectivity index is 2.00. The molecule has 4 nitrogen and oxygen atoms in total. The topological polar surface area (TPSA) is 62.2 Å². The summed E-state index contributed by atoms with van der Waals surface area (Å²) < 4.78 is 0. The average molecular weight is 282 g/mol. The molecule has 1 saturated carbocycles. The van der Waals surface area contributed by atoms with Crippen molar-refractivity contribution in [2.24, 2.45) is 5.41 Å². The number of aliphatic hydroxyl groups is 1. The molecule has 1 aromatic rings. The molecular formula is C14H22N2O2S. The molecule has 2 N–H and O–H groups in total. The van der Waals surface area contributed by atoms with Crippen LogP contribution in [-0.2, 0) is 0 Å². The van der Waals surface area contributed by atoms with E-state index in [0.717, 1.165) is 29.8 Å². The van der Waals surface area contributed by atoms with E-state index in [9.17, 15) is 9.90 Å². The third-order valence-corrected chi connectivity index (χ3v) is 4.02. The maximum atomic E-state index is 12.3. The van der Waals surface area contributed by atoms with Crippen LogP contribution in [0.15, 0.2) is 5.51 Å². The van der Waals surface area contributed by atoms with Crippen LogP contribution in [0.2, 0.25) is 0 Å². The van der Waals surface area contributed by atoms with Crippen molar-refractivity contribution in [1.82, 2.24) is 10.3 Å². The van der Waals surface area contributed by atoms with Gasteiger partial charge in [-0.25, -0.2) is 4.98 Å². The Morgan fingerprint density at radius 2 is 2.26 bits per heavy atom. The van der Waals surface area contributed by atoms with Gasteiger partial charge in [-0.2, -0.15) is 0 Å². The molecule has 1 atom stereocenters. The first kappa shape index (κ1) is 14.5. The number of carbonyl (C=O) groups is 1. The van der Waals surface area contributed by atoms with E-state index in [1.165, 1.54) is 11.3 Å². The van der Waals surface area contributed by atoms with E-state index in [0.29, 0.717) is 5.92 Å². The van der Waals surface area contributed by atoms with Gasteiger partial charge in [0.15, 0.2) is 0 Å². The van der Waals surface area contributed by atoms with E-state index in [4.69, 9.17) is 0 Å². The molecule has 0 aliphatic heterocycles. The molecule has 19 heavy (non-hydrogen) atoms. The largest absolute Gasteiger partial charge is 0.394 e. The minimum absolute atomic E-state index is 0.0272. The Labute approximate surface area is 118 Å². The van der Waals surface area contributed by atoms with Crippen LogP contribution in [0, 0.1) is 5.41 Å². The number of nitrogens with zero attached hydrogens (tertiary/aromatic N) is 1. The van der Waals surface area contributed by atoms with Gasteiger partial charge in [0.1, 0.15) is 4.88 Å². The monoisotopic (exact) mass is 282 g/mol. The molecule has 2 rings (SSSR count). The van der Waals surface area contributed by atoms with Gasteiger partial charge in [0.05, 0.1) is 23.9 Å². The van der Waals surface area contributed by atoms with Crippen LogP contribution >= 0.6 is 11.3 Å². The molecule has 1 aliphatic carbocycles. The number of thiazole rings is 1. The highest BCUT2D eigenvalue weighted by Crippen LogP contribution is 2.41. The Hall–Kier alpha value is -0.940. The fourth-order valence-corrected chi connectivity index (χ4v) is 3.00. The molecule has 1 aliphatic rings. The van der Waals surface area contributed by atoms with Gasteiger partial charge >= 0.3 is 0 Å². The molecule has 5 heteroatoms. The molecule has 1 fully saturated rings. The summed E-state index contributed by atoms with van der Waals surface area (Å²) in [5, 5.41) is 12.3. The molecule has 106 valence electrons. The van der Waals surface area contributed by atoms with E-state index < -0.39 is 0 Å². The summed E-state index contributed by atoms with van der Waals surface area (Å²) in [6.07, 6.45) is 3.03. The minimum atomic E-state index is -0.193. The summed E-state index contributed by atoms with van der Waals surface area (Å²) in [4.78, 5) is 17.3. The number of carbonyl (C=O) groups excluding carboxylic acids is 1. The maximum Gasteiger partial charge on any atom is 0.263 e. The van der Waals surface area contributed by atoms with Crippen molar-refractivity contribution in [1.29, 1.82) is 0 Å². The predicted octanol–water partition coefficient (Wildman–Crippen LogP) is 2.55. The van der Waals surface area contributed by atoms with E-state index in [2.05, 4.69) is 31.1 Å². The smallest absolute Gasteiger partial charge is 0.263 e. The van der Waals surface area contributed by atoms with Crippen LogP contribution in [0.1, 0.15) is 61.3 Å². The van der Waals surface area contributed by atoms with E-state index in [-0.39, 0.29) is 24.0 Å². The summed E-state index contributed by atoms with van der Waals surface area (Å²) in [5.74, 6) is 0.384. The Morgan fingerprint density at radius 3 is 2.79 bits per heavy atom. The van der Waals surface area contributed by atoms with Gasteiger partial charge in [-0.05, 0) is 24.7 Å². The number of amides is 1. The first-order chi connectivity index (χ1) is 8.90. The van der Waals surface area contributed by atoms with Gasteiger partial charge < -0.3 is 10.4 Å². The number of aromatic nitrogens is 1. The van der Waals surface area contributed by atoms with Crippen LogP contribution in [0.4, 0.5) is 0 Å². The van der Waals surface area contributed by atoms with Crippen LogP contribution in [0.3, 0.4) is 0 Å². The molecule has 0 bridgehead atoms. The Kier molecular flexibility index (Phi) is 4.26. The van der Waals surface area contributed by atoms with Gasteiger partial charge in [-0.3, -0.25) is 4.79 Å². The first-order valence-corrected chi connectivity index (χ1v) is 7.64. The summed E-state index contributed by atoms with van der Waals surface area (Å²) in [6, 6.07) is -0.193. The number of hydrogen-bond acceptors (Lipinski definition) is 4. The highest BCUT2D eigenvalue weighted by molar-refractivity contribution is 7.11. The molecule has 0 spiro atoms. The molecular weight excluding hydrogens is 260 g/mol. The fourth-order valence-electron chi connectivity index (χ4n) is 2.22. The second-order valence-electron chi connectivity index (χ2n) is 6.46. The van der Waals surface area contributed by atoms with E-state index in [1.807, 2.05) is 0 Å². The number of rotatable bonds is 5. The summed E-state index contributed by atoms with van der Waals surface area (Å²) in [7, 11) is 0. The number of hydrogen-bond donors (Lipinski definition) is 2. The zero-order valence-electron chi connectivity index (χ0n) is 11.8. The fraction of sp³-hybridized carbons (Fsp3) is 0.714. The second kappa shape index (κ2) is 5.59. The van der Waals surface area contributed by atoms with Crippen molar-refractivity contribution in [2.45, 2.75) is 52.0 Å². The van der Waals surface area contributed by atoms with Crippen molar-refractivity contribution in [2.75, 3.05) is 6.61 Å². The summed E-state index contributed by atoms with van der Waals surface area (Å²) in [5.41, 5.74) is 2.75. The molecule has 1 unspecified atom stereocenters. The zero-order valence-corrected chi connectivity index (χ0v) is 12.6. The minimum Gasteiger partial charge on any atom is -0.394 e. The zero-order chi connectivity index (χ0) is 14.0. The molecule has 0 aromatic carbocycles. The highest BCUT2D eigenvalue weighted by atomic mass is 32.1. The Morgan fingerprint density at radius 1 is 1.58 bits per heavy atom. The molecule has 0 saturated heterocycles. The predicted molar refractivity (Wildman–Crippen MR) is 76.5 cm³/mol. The number of aliphatic hydroxyl groups excluding tert-OH is 1. The SMILES string of the molecule is CC(C)(C)CC(CO)NC(=O)c1scnc1C1CC1. The van der Waals surface area contributed by atoms with E-state index in [1.54, 1.807) is 5.51 Å². The first-order valence-electron chi connectivity index (χ1n) is 6.76. The van der Waals surface area contributed by atoms with Gasteiger partial charge in [-0.15, -0.1) is 11.3 Å². The standard InChI is InChI=1S/C14H22N2O2S/c1-14(2,3)6-10(7-17)16-13(18)12-11(9-4-5-9)15-8-19-12/h8-10,17H,4-7H2,1-3H3,(H,16,18). The average Bonchev–Trinajstić information content (AvgIpc) is 3.04. The third kappa shape index (κ3) is 4.01. The van der Waals surface area contributed by atoms with Crippen molar-refractivity contribution >= 4 is 17.2 Å². The number of nitrogens with one attached hydrogen (secondary N) is 1. The van der Waals surface area contributed by atoms with E-state index >= 15 is 0 Å². The van der Waals surface area contributed by atoms with Crippen molar-refractivity contribution in [3.05, 3.63) is 16.1 Å². The quantitative estimate of drug-likeness (QED) is 0.872. The third-order valence-electron chi connectivity index (χ3n) is 3.18. The molecule has 1 aromatic heterocycles. The summed E-state index contributed by atoms with van der Waals surface area (Å²) >= 11 is 1.39. The molecule has 1 amide bonds. The van der Waals surface area contributed by atoms with Gasteiger partial charge in [0, 0.05) is 5.92 Å². The Bertz CT molecular complexity index is 447. The van der Waals surface area contributed by atoms with Gasteiger partial charge in [-0.1, -0.05) is 20.8 Å². The van der Waals surface area contributed by atoms with Crippen molar-refractivity contribution in [3.63, 3.8) is 0 Å². The molecule has 0 radical (unpaired) electrons. The van der Waals surface area contributed by atoms with Gasteiger partial charge in [0.2, 0.25) is 0 Å². The molecule has 1 heterocycles. The highest BCUT2D eigenvalue weighted by Gasteiger charge is 2.31. The lowest BCUT2D eigenvalue weighted by Gasteiger charge is -2.25. The lowest BCUT2D eigenvalue weighted by atomic mass is 9.88. The van der Waals surface area contributed by atoms with Crippen LogP contribution < -0.4 is 5.32 Å². The van der Waals surface area contributed by atoms with Crippen molar-refractivity contribution < 1.29 is 9.90 Å². The van der Waals surface area contributed by atoms with Crippen LogP contribution in [-0.4, -0.2) is 28.6 Å². The van der Waals surface area contributed by atoms with Crippen LogP contribution in [0.25, 0.3) is 0 Å². The lowest BCUT2D eigenvalue weighted by Crippen LogP contribution is -2.40. The van der Waals surface area contributed by atoms with Gasteiger partial charge in [0.25, 0.3) is 5.91 Å². The summed E-state index contributed by atoms with van der Waals surface area (Å²) in [6.45, 7) is 6.28. The normalized spacial score (nSPS) is 17.3. The lowest BCUT2D eigenvalue weighted by molar-refractivity contribution is 0.0900. The second-order valence-corrected chi connectivity index (χ2v) is 7.31.